The highest BCUT2D eigenvalue weighted by Gasteiger charge is 2.32. The van der Waals surface area contributed by atoms with Crippen molar-refractivity contribution in [2.45, 2.75) is 12.8 Å². The molecule has 256 valence electrons. The van der Waals surface area contributed by atoms with Gasteiger partial charge in [0, 0.05) is 56.9 Å². The summed E-state index contributed by atoms with van der Waals surface area (Å²) < 4.78 is 39.9. The summed E-state index contributed by atoms with van der Waals surface area (Å²) >= 11 is 6.48. The van der Waals surface area contributed by atoms with Crippen LogP contribution in [0.1, 0.15) is 33.8 Å². The number of imidazole rings is 1. The first kappa shape index (κ1) is 34.6. The number of nitrogens with two attached hydrogens (primary N) is 1. The van der Waals surface area contributed by atoms with Gasteiger partial charge in [0.1, 0.15) is 6.61 Å². The summed E-state index contributed by atoms with van der Waals surface area (Å²) in [5.41, 5.74) is 5.63. The number of primary amides is 1. The average Bonchev–Trinajstić information content (AvgIpc) is 3.46. The number of ether oxygens (including phenoxy) is 2. The molecule has 48 heavy (non-hydrogen) atoms. The lowest BCUT2D eigenvalue weighted by molar-refractivity contribution is -0.138. The second-order valence-corrected chi connectivity index (χ2v) is 11.9. The van der Waals surface area contributed by atoms with Gasteiger partial charge in [0.05, 0.1) is 29.6 Å². The molecule has 2 fully saturated rings. The van der Waals surface area contributed by atoms with Crippen molar-refractivity contribution in [2.24, 2.45) is 18.7 Å². The van der Waals surface area contributed by atoms with Gasteiger partial charge in [0.15, 0.2) is 17.4 Å². The first-order chi connectivity index (χ1) is 23.0. The number of hydrogen-bond acceptors (Lipinski definition) is 8. The van der Waals surface area contributed by atoms with Crippen LogP contribution in [0.15, 0.2) is 36.5 Å². The zero-order chi connectivity index (χ0) is 34.5. The molecule has 4 amide bonds. The fourth-order valence-electron chi connectivity index (χ4n) is 5.95. The minimum atomic E-state index is -1.15. The predicted octanol–water partition coefficient (Wildman–Crippen LogP) is 3.37. The molecule has 5 rings (SSSR count). The first-order valence-corrected chi connectivity index (χ1v) is 15.7. The molecule has 0 atom stereocenters. The molecule has 3 aromatic rings. The fraction of sp³-hybridized carbons (Fsp3) is 0.406. The Labute approximate surface area is 280 Å². The lowest BCUT2D eigenvalue weighted by Gasteiger charge is -2.38. The minimum absolute atomic E-state index is 0.0651. The zero-order valence-electron chi connectivity index (χ0n) is 26.5. The van der Waals surface area contributed by atoms with Crippen molar-refractivity contribution in [3.8, 4) is 17.0 Å². The number of rotatable bonds is 9. The Morgan fingerprint density at radius 1 is 1.00 bits per heavy atom. The number of anilines is 1. The molecule has 2 aliphatic heterocycles. The van der Waals surface area contributed by atoms with Crippen LogP contribution < -0.4 is 15.8 Å². The quantitative estimate of drug-likeness (QED) is 0.348. The molecule has 0 aliphatic carbocycles. The Morgan fingerprint density at radius 3 is 2.33 bits per heavy atom. The predicted molar refractivity (Wildman–Crippen MR) is 172 cm³/mol. The summed E-state index contributed by atoms with van der Waals surface area (Å²) in [5.74, 6) is -3.53. The van der Waals surface area contributed by atoms with Crippen LogP contribution in [-0.4, -0.2) is 108 Å². The number of halogens is 3. The van der Waals surface area contributed by atoms with E-state index in [1.54, 1.807) is 9.80 Å². The SMILES string of the molecule is COc1ccc(-c2cnc(C(=O)Nc3ccc(C(=O)N4CCN(C(=O)C5CCN(CCOC(N)=O)CC5)CC4)c(Cl)c3)n2C)c(F)c1F. The maximum absolute atomic E-state index is 14.7. The van der Waals surface area contributed by atoms with Crippen LogP contribution in [0, 0.1) is 17.6 Å². The van der Waals surface area contributed by atoms with E-state index in [0.29, 0.717) is 51.3 Å². The molecular formula is C32H36ClF2N7O6. The van der Waals surface area contributed by atoms with Crippen LogP contribution >= 0.6 is 11.6 Å². The van der Waals surface area contributed by atoms with Crippen LogP contribution in [0.4, 0.5) is 19.3 Å². The van der Waals surface area contributed by atoms with Crippen molar-refractivity contribution in [2.75, 3.05) is 64.8 Å². The molecule has 16 heteroatoms. The minimum Gasteiger partial charge on any atom is -0.494 e. The van der Waals surface area contributed by atoms with Crippen LogP contribution in [0.2, 0.25) is 5.02 Å². The summed E-state index contributed by atoms with van der Waals surface area (Å²) in [6.07, 6.45) is 1.87. The molecule has 0 bridgehead atoms. The summed E-state index contributed by atoms with van der Waals surface area (Å²) in [7, 11) is 2.73. The topological polar surface area (TPSA) is 152 Å². The van der Waals surface area contributed by atoms with Crippen molar-refractivity contribution in [3.63, 3.8) is 0 Å². The van der Waals surface area contributed by atoms with E-state index < -0.39 is 23.6 Å². The zero-order valence-corrected chi connectivity index (χ0v) is 27.3. The Hall–Kier alpha value is -4.76. The summed E-state index contributed by atoms with van der Waals surface area (Å²) in [5, 5.41) is 2.80. The number of amides is 4. The van der Waals surface area contributed by atoms with E-state index in [9.17, 15) is 28.0 Å². The van der Waals surface area contributed by atoms with Crippen LogP contribution in [0.3, 0.4) is 0 Å². The molecule has 0 unspecified atom stereocenters. The molecule has 0 saturated carbocycles. The van der Waals surface area contributed by atoms with Gasteiger partial charge in [-0.1, -0.05) is 11.6 Å². The molecule has 2 aromatic carbocycles. The van der Waals surface area contributed by atoms with Crippen molar-refractivity contribution < 1.29 is 37.4 Å². The van der Waals surface area contributed by atoms with Crippen molar-refractivity contribution in [3.05, 3.63) is 64.6 Å². The standard InChI is InChI=1S/C32H36ClF2N7O6/c1-39-24(22-5-6-25(47-2)27(35)26(22)34)18-37-28(39)29(43)38-20-3-4-21(23(33)17-20)31(45)42-13-11-41(12-14-42)30(44)19-7-9-40(10-8-19)15-16-48-32(36)46/h3-6,17-19H,7-16H2,1-2H3,(H2,36,46)(H,38,43). The van der Waals surface area contributed by atoms with Gasteiger partial charge < -0.3 is 34.9 Å². The van der Waals surface area contributed by atoms with E-state index >= 15 is 0 Å². The van der Waals surface area contributed by atoms with E-state index in [-0.39, 0.29) is 57.8 Å². The molecule has 2 saturated heterocycles. The number of carbonyl (C=O) groups excluding carboxylic acids is 4. The maximum atomic E-state index is 14.7. The highest BCUT2D eigenvalue weighted by atomic mass is 35.5. The maximum Gasteiger partial charge on any atom is 0.404 e. The third-order valence-electron chi connectivity index (χ3n) is 8.66. The molecule has 3 heterocycles. The van der Waals surface area contributed by atoms with Gasteiger partial charge in [-0.15, -0.1) is 0 Å². The second kappa shape index (κ2) is 15.0. The number of piperazine rings is 1. The highest BCUT2D eigenvalue weighted by Crippen LogP contribution is 2.30. The summed E-state index contributed by atoms with van der Waals surface area (Å²) in [6.45, 7) is 3.74. The third kappa shape index (κ3) is 7.52. The average molecular weight is 688 g/mol. The molecule has 1 aromatic heterocycles. The van der Waals surface area contributed by atoms with Crippen LogP contribution in [0.25, 0.3) is 11.3 Å². The van der Waals surface area contributed by atoms with Gasteiger partial charge in [0.2, 0.25) is 11.7 Å². The highest BCUT2D eigenvalue weighted by molar-refractivity contribution is 6.34. The Kier molecular flexibility index (Phi) is 10.8. The fourth-order valence-corrected chi connectivity index (χ4v) is 6.21. The molecule has 0 spiro atoms. The smallest absolute Gasteiger partial charge is 0.404 e. The Morgan fingerprint density at radius 2 is 1.69 bits per heavy atom. The lowest BCUT2D eigenvalue weighted by Crippen LogP contribution is -2.53. The van der Waals surface area contributed by atoms with Gasteiger partial charge in [-0.3, -0.25) is 19.3 Å². The number of methoxy groups -OCH3 is 1. The number of nitrogens with zero attached hydrogens (tertiary/aromatic N) is 5. The van der Waals surface area contributed by atoms with Gasteiger partial charge in [0.25, 0.3) is 11.8 Å². The normalized spacial score (nSPS) is 15.7. The van der Waals surface area contributed by atoms with Crippen LogP contribution in [-0.2, 0) is 16.6 Å². The van der Waals surface area contributed by atoms with Crippen molar-refractivity contribution in [1.82, 2.24) is 24.3 Å². The number of carbonyl (C=O) groups is 4. The molecular weight excluding hydrogens is 652 g/mol. The largest absolute Gasteiger partial charge is 0.494 e. The molecule has 0 radical (unpaired) electrons. The number of aromatic nitrogens is 2. The van der Waals surface area contributed by atoms with Crippen LogP contribution in [0.5, 0.6) is 5.75 Å². The molecule has 2 aliphatic rings. The number of nitrogens with one attached hydrogen (secondary N) is 1. The number of benzene rings is 2. The monoisotopic (exact) mass is 687 g/mol. The van der Waals surface area contributed by atoms with E-state index in [0.717, 1.165) is 13.1 Å². The van der Waals surface area contributed by atoms with Crippen molar-refractivity contribution in [1.29, 1.82) is 0 Å². The summed E-state index contributed by atoms with van der Waals surface area (Å²) in [6, 6.07) is 7.11. The second-order valence-electron chi connectivity index (χ2n) is 11.5. The molecule has 3 N–H and O–H groups in total. The van der Waals surface area contributed by atoms with Gasteiger partial charge in [-0.05, 0) is 56.3 Å². The Bertz CT molecular complexity index is 1700. The van der Waals surface area contributed by atoms with E-state index in [2.05, 4.69) is 15.2 Å². The lowest BCUT2D eigenvalue weighted by atomic mass is 9.95. The van der Waals surface area contributed by atoms with Gasteiger partial charge >= 0.3 is 6.09 Å². The third-order valence-corrected chi connectivity index (χ3v) is 8.97. The number of hydrogen-bond donors (Lipinski definition) is 2. The van der Waals surface area contributed by atoms with E-state index in [1.165, 1.54) is 55.3 Å². The number of likely N-dealkylation sites (tertiary alicyclic amines) is 1. The molecule has 13 nitrogen and oxygen atoms in total. The number of piperidine rings is 1. The van der Waals surface area contributed by atoms with Crippen molar-refractivity contribution >= 4 is 41.1 Å². The van der Waals surface area contributed by atoms with Gasteiger partial charge in [-0.25, -0.2) is 14.2 Å². The van der Waals surface area contributed by atoms with E-state index in [1.807, 2.05) is 0 Å². The van der Waals surface area contributed by atoms with E-state index in [4.69, 9.17) is 26.8 Å². The van der Waals surface area contributed by atoms with Gasteiger partial charge in [-0.2, -0.15) is 4.39 Å². The Balaban J connectivity index is 1.14. The first-order valence-electron chi connectivity index (χ1n) is 15.4. The summed E-state index contributed by atoms with van der Waals surface area (Å²) in [4.78, 5) is 59.9.